The normalized spacial score (nSPS) is 13.0. The number of carbonyl (C=O) groups excluding carboxylic acids is 2. The van der Waals surface area contributed by atoms with Gasteiger partial charge in [0.25, 0.3) is 5.69 Å². The zero-order valence-electron chi connectivity index (χ0n) is 13.1. The molecule has 0 aliphatic heterocycles. The van der Waals surface area contributed by atoms with E-state index in [-0.39, 0.29) is 12.2 Å². The smallest absolute Gasteiger partial charge is 0.313 e. The highest BCUT2D eigenvalue weighted by atomic mass is 32.2. The SMILES string of the molecule is CSCC(C)(O)CNC(=O)C(=O)Nc1ccc([N+](=O)[O-])cc1C. The number of anilines is 1. The summed E-state index contributed by atoms with van der Waals surface area (Å²) in [6.07, 6.45) is 1.82. The molecule has 1 atom stereocenters. The largest absolute Gasteiger partial charge is 0.387 e. The van der Waals surface area contributed by atoms with Crippen molar-refractivity contribution in [1.29, 1.82) is 0 Å². The van der Waals surface area contributed by atoms with E-state index in [1.165, 1.54) is 30.0 Å². The third kappa shape index (κ3) is 5.87. The molecule has 0 heterocycles. The summed E-state index contributed by atoms with van der Waals surface area (Å²) < 4.78 is 0. The molecule has 126 valence electrons. The molecule has 9 heteroatoms. The van der Waals surface area contributed by atoms with E-state index in [1.807, 2.05) is 6.26 Å². The molecule has 0 radical (unpaired) electrons. The lowest BCUT2D eigenvalue weighted by atomic mass is 10.1. The van der Waals surface area contributed by atoms with Gasteiger partial charge in [-0.3, -0.25) is 19.7 Å². The zero-order valence-corrected chi connectivity index (χ0v) is 13.9. The van der Waals surface area contributed by atoms with E-state index >= 15 is 0 Å². The first kappa shape index (κ1) is 18.9. The van der Waals surface area contributed by atoms with E-state index < -0.39 is 22.3 Å². The fraction of sp³-hybridized carbons (Fsp3) is 0.429. The molecule has 0 aromatic heterocycles. The van der Waals surface area contributed by atoms with Gasteiger partial charge >= 0.3 is 11.8 Å². The molecule has 0 bridgehead atoms. The number of carbonyl (C=O) groups is 2. The zero-order chi connectivity index (χ0) is 17.6. The van der Waals surface area contributed by atoms with Crippen molar-refractivity contribution >= 4 is 35.0 Å². The minimum atomic E-state index is -1.11. The number of hydrogen-bond acceptors (Lipinski definition) is 6. The molecule has 1 aromatic carbocycles. The van der Waals surface area contributed by atoms with Crippen molar-refractivity contribution in [3.8, 4) is 0 Å². The fourth-order valence-corrected chi connectivity index (χ4v) is 2.52. The number of rotatable bonds is 6. The number of thioether (sulfide) groups is 1. The maximum Gasteiger partial charge on any atom is 0.313 e. The van der Waals surface area contributed by atoms with Gasteiger partial charge in [0.1, 0.15) is 0 Å². The summed E-state index contributed by atoms with van der Waals surface area (Å²) in [4.78, 5) is 33.7. The molecular weight excluding hydrogens is 322 g/mol. The Kier molecular flexibility index (Phi) is 6.52. The first-order valence-electron chi connectivity index (χ1n) is 6.72. The van der Waals surface area contributed by atoms with Crippen LogP contribution in [0, 0.1) is 17.0 Å². The van der Waals surface area contributed by atoms with Gasteiger partial charge in [-0.25, -0.2) is 0 Å². The molecular formula is C14H19N3O5S. The second kappa shape index (κ2) is 7.93. The molecule has 0 aliphatic carbocycles. The number of hydrogen-bond donors (Lipinski definition) is 3. The first-order valence-corrected chi connectivity index (χ1v) is 8.11. The third-order valence-corrected chi connectivity index (χ3v) is 3.87. The van der Waals surface area contributed by atoms with E-state index in [9.17, 15) is 24.8 Å². The van der Waals surface area contributed by atoms with Crippen LogP contribution < -0.4 is 10.6 Å². The number of aryl methyl sites for hydroxylation is 1. The average Bonchev–Trinajstić information content (AvgIpc) is 2.46. The third-order valence-electron chi connectivity index (χ3n) is 2.96. The van der Waals surface area contributed by atoms with Crippen molar-refractivity contribution in [3.05, 3.63) is 33.9 Å². The van der Waals surface area contributed by atoms with Crippen molar-refractivity contribution in [2.75, 3.05) is 23.9 Å². The highest BCUT2D eigenvalue weighted by Gasteiger charge is 2.23. The second-order valence-corrected chi connectivity index (χ2v) is 6.19. The molecule has 8 nitrogen and oxygen atoms in total. The molecule has 0 fully saturated rings. The highest BCUT2D eigenvalue weighted by Crippen LogP contribution is 2.21. The predicted molar refractivity (Wildman–Crippen MR) is 88.5 cm³/mol. The van der Waals surface area contributed by atoms with Crippen molar-refractivity contribution < 1.29 is 19.6 Å². The minimum Gasteiger partial charge on any atom is -0.387 e. The van der Waals surface area contributed by atoms with Gasteiger partial charge in [0.2, 0.25) is 0 Å². The number of amides is 2. The van der Waals surface area contributed by atoms with Crippen molar-refractivity contribution in [2.24, 2.45) is 0 Å². The van der Waals surface area contributed by atoms with E-state index in [2.05, 4.69) is 10.6 Å². The van der Waals surface area contributed by atoms with Crippen LogP contribution in [-0.2, 0) is 9.59 Å². The van der Waals surface area contributed by atoms with Crippen LogP contribution in [0.15, 0.2) is 18.2 Å². The van der Waals surface area contributed by atoms with E-state index in [0.29, 0.717) is 17.0 Å². The summed E-state index contributed by atoms with van der Waals surface area (Å²) in [6, 6.07) is 3.91. The topological polar surface area (TPSA) is 122 Å². The highest BCUT2D eigenvalue weighted by molar-refractivity contribution is 7.98. The Morgan fingerprint density at radius 3 is 2.57 bits per heavy atom. The number of nitro groups is 1. The van der Waals surface area contributed by atoms with Gasteiger partial charge in [-0.05, 0) is 31.7 Å². The average molecular weight is 341 g/mol. The van der Waals surface area contributed by atoms with Crippen molar-refractivity contribution in [3.63, 3.8) is 0 Å². The summed E-state index contributed by atoms with van der Waals surface area (Å²) in [5.74, 6) is -1.37. The van der Waals surface area contributed by atoms with E-state index in [0.717, 1.165) is 0 Å². The lowest BCUT2D eigenvalue weighted by Crippen LogP contribution is -2.45. The number of aliphatic hydroxyl groups is 1. The summed E-state index contributed by atoms with van der Waals surface area (Å²) >= 11 is 1.42. The van der Waals surface area contributed by atoms with Gasteiger partial charge in [0, 0.05) is 30.1 Å². The van der Waals surface area contributed by atoms with Crippen LogP contribution in [0.4, 0.5) is 11.4 Å². The quantitative estimate of drug-likeness (QED) is 0.404. The van der Waals surface area contributed by atoms with Crippen LogP contribution in [-0.4, -0.2) is 46.0 Å². The molecule has 1 unspecified atom stereocenters. The van der Waals surface area contributed by atoms with Gasteiger partial charge in [0.15, 0.2) is 0 Å². The molecule has 0 aliphatic rings. The predicted octanol–water partition coefficient (Wildman–Crippen LogP) is 1.07. The fourth-order valence-electron chi connectivity index (χ4n) is 1.79. The van der Waals surface area contributed by atoms with Crippen LogP contribution >= 0.6 is 11.8 Å². The van der Waals surface area contributed by atoms with Crippen LogP contribution in [0.1, 0.15) is 12.5 Å². The van der Waals surface area contributed by atoms with Gasteiger partial charge in [-0.15, -0.1) is 0 Å². The molecule has 23 heavy (non-hydrogen) atoms. The van der Waals surface area contributed by atoms with Crippen LogP contribution in [0.25, 0.3) is 0 Å². The Morgan fingerprint density at radius 2 is 2.04 bits per heavy atom. The van der Waals surface area contributed by atoms with Gasteiger partial charge in [-0.1, -0.05) is 0 Å². The number of nitrogens with one attached hydrogen (secondary N) is 2. The van der Waals surface area contributed by atoms with Crippen molar-refractivity contribution in [2.45, 2.75) is 19.4 Å². The number of non-ortho nitro benzene ring substituents is 1. The van der Waals surface area contributed by atoms with Gasteiger partial charge in [0.05, 0.1) is 10.5 Å². The van der Waals surface area contributed by atoms with E-state index in [4.69, 9.17) is 0 Å². The monoisotopic (exact) mass is 341 g/mol. The minimum absolute atomic E-state index is 0.0562. The lowest BCUT2D eigenvalue weighted by molar-refractivity contribution is -0.384. The van der Waals surface area contributed by atoms with Crippen LogP contribution in [0.5, 0.6) is 0 Å². The molecule has 3 N–H and O–H groups in total. The molecule has 0 saturated heterocycles. The molecule has 0 spiro atoms. The first-order chi connectivity index (χ1) is 10.7. The summed E-state index contributed by atoms with van der Waals surface area (Å²) in [7, 11) is 0. The maximum atomic E-state index is 11.8. The Bertz CT molecular complexity index is 618. The molecule has 1 aromatic rings. The number of nitrogens with zero attached hydrogens (tertiary/aromatic N) is 1. The van der Waals surface area contributed by atoms with E-state index in [1.54, 1.807) is 13.8 Å². The van der Waals surface area contributed by atoms with Gasteiger partial charge < -0.3 is 15.7 Å². The molecule has 1 rings (SSSR count). The molecule has 2 amide bonds. The molecule has 0 saturated carbocycles. The Morgan fingerprint density at radius 1 is 1.39 bits per heavy atom. The number of nitro benzene ring substituents is 1. The van der Waals surface area contributed by atoms with Gasteiger partial charge in [-0.2, -0.15) is 11.8 Å². The standard InChI is InChI=1S/C14H19N3O5S/c1-9-6-10(17(21)22)4-5-11(9)16-13(19)12(18)15-7-14(2,20)8-23-3/h4-6,20H,7-8H2,1-3H3,(H,15,18)(H,16,19). The Labute approximate surface area is 137 Å². The Hall–Kier alpha value is -2.13. The maximum absolute atomic E-state index is 11.8. The van der Waals surface area contributed by atoms with Crippen LogP contribution in [0.3, 0.4) is 0 Å². The summed E-state index contributed by atoms with van der Waals surface area (Å²) in [5, 5.41) is 25.3. The summed E-state index contributed by atoms with van der Waals surface area (Å²) in [5.41, 5.74) is -0.432. The second-order valence-electron chi connectivity index (χ2n) is 5.32. The lowest BCUT2D eigenvalue weighted by Gasteiger charge is -2.22. The summed E-state index contributed by atoms with van der Waals surface area (Å²) in [6.45, 7) is 3.09. The Balaban J connectivity index is 2.65. The number of benzene rings is 1. The van der Waals surface area contributed by atoms with Crippen LogP contribution in [0.2, 0.25) is 0 Å². The van der Waals surface area contributed by atoms with Crippen molar-refractivity contribution in [1.82, 2.24) is 5.32 Å².